The second-order valence-electron chi connectivity index (χ2n) is 8.35. The summed E-state index contributed by atoms with van der Waals surface area (Å²) >= 11 is 3.39. The molecule has 37 heavy (non-hydrogen) atoms. The first kappa shape index (κ1) is 31.8. The highest BCUT2D eigenvalue weighted by Crippen LogP contribution is 2.15. The van der Waals surface area contributed by atoms with Crippen LogP contribution >= 0.6 is 15.9 Å². The topological polar surface area (TPSA) is 188 Å². The van der Waals surface area contributed by atoms with Crippen LogP contribution in [-0.2, 0) is 30.5 Å². The largest absolute Gasteiger partial charge is 0.481 e. The van der Waals surface area contributed by atoms with Crippen molar-refractivity contribution in [1.82, 2.24) is 15.5 Å². The van der Waals surface area contributed by atoms with E-state index in [1.165, 1.54) is 0 Å². The summed E-state index contributed by atoms with van der Waals surface area (Å²) < 4.78 is 5.83. The minimum absolute atomic E-state index is 0.00985. The Morgan fingerprint density at radius 3 is 2.30 bits per heavy atom. The van der Waals surface area contributed by atoms with Crippen LogP contribution in [0.1, 0.15) is 56.9 Å². The molecule has 0 aliphatic carbocycles. The van der Waals surface area contributed by atoms with E-state index in [9.17, 15) is 24.0 Å². The quantitative estimate of drug-likeness (QED) is 0.0918. The van der Waals surface area contributed by atoms with Crippen molar-refractivity contribution in [3.05, 3.63) is 34.3 Å². The minimum atomic E-state index is -1.41. The number of rotatable bonds is 19. The summed E-state index contributed by atoms with van der Waals surface area (Å²) in [4.78, 5) is 59.5. The van der Waals surface area contributed by atoms with Gasteiger partial charge in [-0.25, -0.2) is 9.59 Å². The van der Waals surface area contributed by atoms with Crippen LogP contribution in [0.2, 0.25) is 0 Å². The van der Waals surface area contributed by atoms with Crippen molar-refractivity contribution in [2.75, 3.05) is 13.1 Å². The van der Waals surface area contributed by atoms with Gasteiger partial charge in [0.05, 0.1) is 0 Å². The fraction of sp³-hybridized carbons (Fsp3) is 0.542. The summed E-state index contributed by atoms with van der Waals surface area (Å²) in [5.74, 6) is -2.57. The molecule has 0 radical (unpaired) electrons. The van der Waals surface area contributed by atoms with E-state index in [0.29, 0.717) is 45.3 Å². The standard InChI is InChI=1S/C24H35BrN4O8/c25-18-9-7-17(8-10-18)15-29(21(31)6-1-3-13-26)14-4-2-5-20(37-16-30)28-24(36)27-19(23(34)35)11-12-22(32)33/h7-10,16,19-20H,1-6,11-15,26H2,(H,32,33)(H,34,35)(H2,27,28,36)/t19-,20+/m0/s1. The number of amides is 3. The highest BCUT2D eigenvalue weighted by Gasteiger charge is 2.23. The predicted octanol–water partition coefficient (Wildman–Crippen LogP) is 2.19. The Bertz CT molecular complexity index is 884. The molecule has 0 aliphatic rings. The minimum Gasteiger partial charge on any atom is -0.481 e. The van der Waals surface area contributed by atoms with E-state index in [2.05, 4.69) is 26.6 Å². The molecule has 2 atom stereocenters. The van der Waals surface area contributed by atoms with Crippen molar-refractivity contribution >= 4 is 46.3 Å². The van der Waals surface area contributed by atoms with Crippen molar-refractivity contribution in [3.8, 4) is 0 Å². The molecule has 0 fully saturated rings. The first-order chi connectivity index (χ1) is 17.7. The number of aliphatic carboxylic acids is 2. The lowest BCUT2D eigenvalue weighted by atomic mass is 10.1. The molecule has 206 valence electrons. The third-order valence-electron chi connectivity index (χ3n) is 5.39. The molecule has 0 saturated carbocycles. The Morgan fingerprint density at radius 2 is 1.70 bits per heavy atom. The van der Waals surface area contributed by atoms with Crippen molar-refractivity contribution in [3.63, 3.8) is 0 Å². The van der Waals surface area contributed by atoms with Gasteiger partial charge in [-0.05, 0) is 56.3 Å². The van der Waals surface area contributed by atoms with Crippen molar-refractivity contribution in [2.45, 2.75) is 70.2 Å². The highest BCUT2D eigenvalue weighted by atomic mass is 79.9. The molecule has 0 heterocycles. The van der Waals surface area contributed by atoms with Crippen molar-refractivity contribution in [2.24, 2.45) is 5.73 Å². The zero-order valence-corrected chi connectivity index (χ0v) is 22.2. The van der Waals surface area contributed by atoms with Gasteiger partial charge in [0.25, 0.3) is 6.47 Å². The number of hydrogen-bond acceptors (Lipinski definition) is 7. The fourth-order valence-corrected chi connectivity index (χ4v) is 3.69. The number of carboxylic acids is 2. The molecule has 0 saturated heterocycles. The maximum Gasteiger partial charge on any atom is 0.326 e. The van der Waals surface area contributed by atoms with Gasteiger partial charge in [-0.1, -0.05) is 28.1 Å². The fourth-order valence-electron chi connectivity index (χ4n) is 3.43. The van der Waals surface area contributed by atoms with E-state index in [0.717, 1.165) is 16.5 Å². The number of unbranched alkanes of at least 4 members (excludes halogenated alkanes) is 2. The molecule has 0 aliphatic heterocycles. The van der Waals surface area contributed by atoms with Gasteiger partial charge in [-0.15, -0.1) is 0 Å². The lowest BCUT2D eigenvalue weighted by Gasteiger charge is -2.24. The summed E-state index contributed by atoms with van der Waals surface area (Å²) in [5, 5.41) is 22.4. The maximum atomic E-state index is 12.8. The molecule has 13 heteroatoms. The predicted molar refractivity (Wildman–Crippen MR) is 137 cm³/mol. The number of carbonyl (C=O) groups is 5. The number of urea groups is 1. The average Bonchev–Trinajstić information content (AvgIpc) is 2.84. The monoisotopic (exact) mass is 586 g/mol. The molecule has 1 aromatic carbocycles. The van der Waals surface area contributed by atoms with Gasteiger partial charge in [0.1, 0.15) is 6.04 Å². The van der Waals surface area contributed by atoms with E-state index in [4.69, 9.17) is 20.7 Å². The summed E-state index contributed by atoms with van der Waals surface area (Å²) in [6.45, 7) is 1.58. The van der Waals surface area contributed by atoms with Gasteiger partial charge < -0.3 is 36.2 Å². The average molecular weight is 587 g/mol. The van der Waals surface area contributed by atoms with E-state index in [-0.39, 0.29) is 25.2 Å². The number of nitrogens with zero attached hydrogens (tertiary/aromatic N) is 1. The Balaban J connectivity index is 2.63. The molecule has 0 aromatic heterocycles. The molecule has 6 N–H and O–H groups in total. The maximum absolute atomic E-state index is 12.8. The molecular formula is C24H35BrN4O8. The molecule has 3 amide bonds. The normalized spacial score (nSPS) is 12.2. The van der Waals surface area contributed by atoms with E-state index in [1.54, 1.807) is 4.90 Å². The van der Waals surface area contributed by atoms with Crippen molar-refractivity contribution < 1.29 is 38.9 Å². The number of carboxylic acid groups (broad SMARTS) is 2. The van der Waals surface area contributed by atoms with E-state index < -0.39 is 36.7 Å². The summed E-state index contributed by atoms with van der Waals surface area (Å²) in [5.41, 5.74) is 6.51. The smallest absolute Gasteiger partial charge is 0.326 e. The van der Waals surface area contributed by atoms with Crippen LogP contribution in [0, 0.1) is 0 Å². The van der Waals surface area contributed by atoms with Gasteiger partial charge in [0.2, 0.25) is 5.91 Å². The van der Waals surface area contributed by atoms with Crippen LogP contribution < -0.4 is 16.4 Å². The Labute approximate surface area is 224 Å². The summed E-state index contributed by atoms with van der Waals surface area (Å²) in [7, 11) is 0. The van der Waals surface area contributed by atoms with Crippen LogP contribution in [0.15, 0.2) is 28.7 Å². The number of nitrogens with one attached hydrogen (secondary N) is 2. The van der Waals surface area contributed by atoms with Gasteiger partial charge in [-0.3, -0.25) is 14.4 Å². The summed E-state index contributed by atoms with van der Waals surface area (Å²) in [6.07, 6.45) is 1.37. The number of halogens is 1. The number of ether oxygens (including phenoxy) is 1. The van der Waals surface area contributed by atoms with Gasteiger partial charge in [0, 0.05) is 36.8 Å². The third-order valence-corrected chi connectivity index (χ3v) is 5.92. The first-order valence-electron chi connectivity index (χ1n) is 12.0. The van der Waals surface area contributed by atoms with Gasteiger partial charge in [0.15, 0.2) is 6.23 Å². The van der Waals surface area contributed by atoms with Gasteiger partial charge in [-0.2, -0.15) is 0 Å². The van der Waals surface area contributed by atoms with E-state index in [1.807, 2.05) is 24.3 Å². The van der Waals surface area contributed by atoms with E-state index >= 15 is 0 Å². The second kappa shape index (κ2) is 18.1. The summed E-state index contributed by atoms with van der Waals surface area (Å²) in [6, 6.07) is 5.35. The van der Waals surface area contributed by atoms with Crippen LogP contribution in [0.5, 0.6) is 0 Å². The molecule has 1 rings (SSSR count). The Hall–Kier alpha value is -3.19. The van der Waals surface area contributed by atoms with Crippen LogP contribution in [-0.4, -0.2) is 70.8 Å². The zero-order chi connectivity index (χ0) is 27.6. The zero-order valence-electron chi connectivity index (χ0n) is 20.6. The van der Waals surface area contributed by atoms with Gasteiger partial charge >= 0.3 is 18.0 Å². The molecular weight excluding hydrogens is 552 g/mol. The Morgan fingerprint density at radius 1 is 1.00 bits per heavy atom. The number of hydrogen-bond donors (Lipinski definition) is 5. The molecule has 12 nitrogen and oxygen atoms in total. The van der Waals surface area contributed by atoms with Crippen LogP contribution in [0.25, 0.3) is 0 Å². The highest BCUT2D eigenvalue weighted by molar-refractivity contribution is 9.10. The van der Waals surface area contributed by atoms with Crippen LogP contribution in [0.3, 0.4) is 0 Å². The first-order valence-corrected chi connectivity index (χ1v) is 12.8. The molecule has 1 aromatic rings. The second-order valence-corrected chi connectivity index (χ2v) is 9.26. The number of carbonyl (C=O) groups excluding carboxylic acids is 3. The lowest BCUT2D eigenvalue weighted by molar-refractivity contribution is -0.141. The van der Waals surface area contributed by atoms with Crippen LogP contribution in [0.4, 0.5) is 4.79 Å². The third kappa shape index (κ3) is 14.2. The molecule has 0 bridgehead atoms. The number of benzene rings is 1. The lowest BCUT2D eigenvalue weighted by Crippen LogP contribution is -2.49. The Kier molecular flexibility index (Phi) is 15.6. The number of nitrogens with two attached hydrogens (primary N) is 1. The SMILES string of the molecule is NCCCCC(=O)N(CCCC[C@H](NC(=O)N[C@@H](CCC(=O)O)C(=O)O)OC=O)Cc1ccc(Br)cc1. The van der Waals surface area contributed by atoms with Crippen molar-refractivity contribution in [1.29, 1.82) is 0 Å². The molecule has 0 unspecified atom stereocenters. The molecule has 0 spiro atoms.